The van der Waals surface area contributed by atoms with Gasteiger partial charge in [-0.15, -0.1) is 0 Å². The van der Waals surface area contributed by atoms with Gasteiger partial charge in [0.05, 0.1) is 23.0 Å². The molecule has 3 atom stereocenters. The fourth-order valence-electron chi connectivity index (χ4n) is 6.88. The van der Waals surface area contributed by atoms with Crippen LogP contribution in [0.3, 0.4) is 0 Å². The number of alkyl halides is 3. The zero-order valence-electron chi connectivity index (χ0n) is 21.5. The molecule has 0 spiro atoms. The number of nitrogens with two attached hydrogens (primary N) is 1. The van der Waals surface area contributed by atoms with Crippen molar-refractivity contribution < 1.29 is 13.2 Å². The Kier molecular flexibility index (Phi) is 5.10. The minimum Gasteiger partial charge on any atom is -0.355 e. The molecule has 2 aliphatic rings. The Bertz CT molecular complexity index is 1740. The van der Waals surface area contributed by atoms with Crippen LogP contribution >= 0.6 is 0 Å². The van der Waals surface area contributed by atoms with Crippen LogP contribution in [0.1, 0.15) is 23.1 Å². The number of hydrogen-bond donors (Lipinski definition) is 2. The molecule has 8 nitrogen and oxygen atoms in total. The Hall–Kier alpha value is -3.99. The van der Waals surface area contributed by atoms with Crippen molar-refractivity contribution in [2.45, 2.75) is 24.9 Å². The summed E-state index contributed by atoms with van der Waals surface area (Å²) in [5.41, 5.74) is 10.2. The lowest BCUT2D eigenvalue weighted by Gasteiger charge is -2.27. The van der Waals surface area contributed by atoms with E-state index < -0.39 is 17.2 Å². The number of rotatable bonds is 4. The van der Waals surface area contributed by atoms with Crippen LogP contribution in [0.2, 0.25) is 0 Å². The van der Waals surface area contributed by atoms with Crippen molar-refractivity contribution >= 4 is 27.9 Å². The third-order valence-corrected chi connectivity index (χ3v) is 8.82. The number of aromatic nitrogens is 6. The van der Waals surface area contributed by atoms with Gasteiger partial charge in [-0.2, -0.15) is 23.4 Å². The molecule has 2 fully saturated rings. The third-order valence-electron chi connectivity index (χ3n) is 8.82. The van der Waals surface area contributed by atoms with Gasteiger partial charge >= 0.3 is 6.18 Å². The molecule has 4 heterocycles. The number of H-pyrrole nitrogens is 1. The number of anilines is 1. The second-order valence-electron chi connectivity index (χ2n) is 10.7. The lowest BCUT2D eigenvalue weighted by atomic mass is 9.87. The Morgan fingerprint density at radius 3 is 2.77 bits per heavy atom. The fraction of sp³-hybridized carbons (Fsp3) is 0.357. The molecule has 1 aliphatic carbocycles. The van der Waals surface area contributed by atoms with Gasteiger partial charge in [0, 0.05) is 49.2 Å². The van der Waals surface area contributed by atoms with Gasteiger partial charge < -0.3 is 10.6 Å². The number of fused-ring (bicyclic) bond motifs is 3. The summed E-state index contributed by atoms with van der Waals surface area (Å²) >= 11 is 0. The first-order chi connectivity index (χ1) is 18.7. The smallest absolute Gasteiger partial charge is 0.355 e. The monoisotopic (exact) mass is 532 g/mol. The molecule has 39 heavy (non-hydrogen) atoms. The second kappa shape index (κ2) is 8.25. The number of aryl methyl sites for hydroxylation is 2. The van der Waals surface area contributed by atoms with Gasteiger partial charge in [0.15, 0.2) is 0 Å². The highest BCUT2D eigenvalue weighted by Gasteiger charge is 2.67. The summed E-state index contributed by atoms with van der Waals surface area (Å²) in [6.45, 7) is 3.47. The standard InChI is InChI=1S/C28H27F3N8/c1-15-16(7-8-22-17(15)12-38(2)37-22)24-25-26(36-35-24)34-23(11-33-25)39-10-9-19-21(13-39)27(19,14-32)18-5-3-4-6-20(18)28(29,30)31/h3-8,11-12,19,21H,9-10,13-14,32H2,1-2H3,(H,34,35,36)/t19-,21+,27+/m1/s1. The molecule has 0 unspecified atom stereocenters. The van der Waals surface area contributed by atoms with Gasteiger partial charge in [0.2, 0.25) is 5.65 Å². The molecule has 2 aromatic carbocycles. The van der Waals surface area contributed by atoms with E-state index in [2.05, 4.69) is 20.2 Å². The van der Waals surface area contributed by atoms with Crippen LogP contribution in [0.15, 0.2) is 48.8 Å². The number of benzene rings is 2. The molecule has 0 bridgehead atoms. The van der Waals surface area contributed by atoms with Gasteiger partial charge in [-0.1, -0.05) is 24.3 Å². The largest absolute Gasteiger partial charge is 0.416 e. The van der Waals surface area contributed by atoms with Crippen molar-refractivity contribution in [3.63, 3.8) is 0 Å². The summed E-state index contributed by atoms with van der Waals surface area (Å²) in [7, 11) is 1.90. The van der Waals surface area contributed by atoms with E-state index in [1.54, 1.807) is 23.0 Å². The summed E-state index contributed by atoms with van der Waals surface area (Å²) in [5, 5.41) is 13.1. The van der Waals surface area contributed by atoms with Crippen LogP contribution in [0.4, 0.5) is 19.0 Å². The summed E-state index contributed by atoms with van der Waals surface area (Å²) in [6, 6.07) is 9.86. The summed E-state index contributed by atoms with van der Waals surface area (Å²) in [6.07, 6.45) is 0.0461. The van der Waals surface area contributed by atoms with Crippen LogP contribution in [0.25, 0.3) is 33.3 Å². The van der Waals surface area contributed by atoms with E-state index in [0.717, 1.165) is 40.2 Å². The summed E-state index contributed by atoms with van der Waals surface area (Å²) in [4.78, 5) is 11.6. The number of aromatic amines is 1. The zero-order chi connectivity index (χ0) is 27.1. The topological polar surface area (TPSA) is 102 Å². The first-order valence-corrected chi connectivity index (χ1v) is 13.0. The molecule has 0 amide bonds. The third kappa shape index (κ3) is 3.48. The van der Waals surface area contributed by atoms with Crippen LogP contribution in [-0.4, -0.2) is 49.6 Å². The van der Waals surface area contributed by atoms with E-state index in [9.17, 15) is 13.2 Å². The van der Waals surface area contributed by atoms with Crippen molar-refractivity contribution in [2.24, 2.45) is 24.6 Å². The molecule has 7 rings (SSSR count). The lowest BCUT2D eigenvalue weighted by molar-refractivity contribution is -0.138. The van der Waals surface area contributed by atoms with Gasteiger partial charge in [0.1, 0.15) is 11.3 Å². The van der Waals surface area contributed by atoms with E-state index in [1.165, 1.54) is 6.07 Å². The highest BCUT2D eigenvalue weighted by Crippen LogP contribution is 2.64. The number of nitrogens with one attached hydrogen (secondary N) is 1. The van der Waals surface area contributed by atoms with Crippen molar-refractivity contribution in [2.75, 3.05) is 24.5 Å². The van der Waals surface area contributed by atoms with Crippen LogP contribution in [0, 0.1) is 18.8 Å². The van der Waals surface area contributed by atoms with Crippen molar-refractivity contribution in [1.82, 2.24) is 29.9 Å². The van der Waals surface area contributed by atoms with E-state index in [-0.39, 0.29) is 18.4 Å². The Morgan fingerprint density at radius 1 is 1.15 bits per heavy atom. The number of halogens is 3. The molecular formula is C28H27F3N8. The van der Waals surface area contributed by atoms with E-state index >= 15 is 0 Å². The molecule has 1 saturated heterocycles. The fourth-order valence-corrected chi connectivity index (χ4v) is 6.88. The van der Waals surface area contributed by atoms with Gasteiger partial charge in [-0.25, -0.2) is 9.97 Å². The lowest BCUT2D eigenvalue weighted by Crippen LogP contribution is -2.33. The molecule has 0 radical (unpaired) electrons. The average molecular weight is 533 g/mol. The first kappa shape index (κ1) is 24.1. The van der Waals surface area contributed by atoms with E-state index in [0.29, 0.717) is 35.6 Å². The maximum Gasteiger partial charge on any atom is 0.416 e. The molecule has 11 heteroatoms. The highest BCUT2D eigenvalue weighted by molar-refractivity contribution is 5.94. The quantitative estimate of drug-likeness (QED) is 0.351. The SMILES string of the molecule is Cc1c(-c2[nH]nc3nc(N4CC[C@@H]5[C@H](C4)[C@@]5(CN)c4ccccc4C(F)(F)F)cnc23)ccc2nn(C)cc12. The molecule has 200 valence electrons. The zero-order valence-corrected chi connectivity index (χ0v) is 21.5. The normalized spacial score (nSPS) is 23.0. The number of hydrogen-bond acceptors (Lipinski definition) is 6. The van der Waals surface area contributed by atoms with Crippen LogP contribution < -0.4 is 10.6 Å². The number of nitrogens with zero attached hydrogens (tertiary/aromatic N) is 6. The molecule has 1 saturated carbocycles. The molecule has 3 aromatic heterocycles. The van der Waals surface area contributed by atoms with Gasteiger partial charge in [-0.3, -0.25) is 9.78 Å². The minimum atomic E-state index is -4.42. The van der Waals surface area contributed by atoms with Crippen LogP contribution in [-0.2, 0) is 18.6 Å². The van der Waals surface area contributed by atoms with Crippen molar-refractivity contribution in [3.05, 3.63) is 65.5 Å². The van der Waals surface area contributed by atoms with E-state index in [4.69, 9.17) is 15.7 Å². The molecule has 5 aromatic rings. The molecular weight excluding hydrogens is 505 g/mol. The summed E-state index contributed by atoms with van der Waals surface area (Å²) < 4.78 is 43.4. The second-order valence-corrected chi connectivity index (χ2v) is 10.7. The predicted octanol–water partition coefficient (Wildman–Crippen LogP) is 4.59. The highest BCUT2D eigenvalue weighted by atomic mass is 19.4. The maximum absolute atomic E-state index is 13.9. The van der Waals surface area contributed by atoms with Gasteiger partial charge in [0.25, 0.3) is 0 Å². The average Bonchev–Trinajstić information content (AvgIpc) is 3.16. The van der Waals surface area contributed by atoms with Gasteiger partial charge in [-0.05, 0) is 48.4 Å². The minimum absolute atomic E-state index is 0.0147. The first-order valence-electron chi connectivity index (χ1n) is 13.0. The maximum atomic E-state index is 13.9. The summed E-state index contributed by atoms with van der Waals surface area (Å²) in [5.74, 6) is 0.794. The van der Waals surface area contributed by atoms with Crippen molar-refractivity contribution in [3.8, 4) is 11.3 Å². The molecule has 3 N–H and O–H groups in total. The Labute approximate surface area is 222 Å². The predicted molar refractivity (Wildman–Crippen MR) is 142 cm³/mol. The van der Waals surface area contributed by atoms with Crippen LogP contribution in [0.5, 0.6) is 0 Å². The number of piperidine rings is 1. The van der Waals surface area contributed by atoms with Crippen molar-refractivity contribution in [1.29, 1.82) is 0 Å². The Morgan fingerprint density at radius 2 is 1.97 bits per heavy atom. The van der Waals surface area contributed by atoms with E-state index in [1.807, 2.05) is 32.3 Å². The molecule has 1 aliphatic heterocycles. The Balaban J connectivity index is 1.19.